The van der Waals surface area contributed by atoms with E-state index in [2.05, 4.69) is 0 Å². The number of ether oxygens (including phenoxy) is 1. The monoisotopic (exact) mass is 244 g/mol. The van der Waals surface area contributed by atoms with Gasteiger partial charge in [0.2, 0.25) is 0 Å². The van der Waals surface area contributed by atoms with E-state index in [0.29, 0.717) is 28.1 Å². The van der Waals surface area contributed by atoms with E-state index in [9.17, 15) is 4.79 Å². The van der Waals surface area contributed by atoms with Crippen LogP contribution in [0.3, 0.4) is 0 Å². The molecule has 1 aromatic carbocycles. The van der Waals surface area contributed by atoms with Crippen molar-refractivity contribution in [3.63, 3.8) is 0 Å². The fourth-order valence-corrected chi connectivity index (χ4v) is 1.70. The van der Waals surface area contributed by atoms with Gasteiger partial charge in [-0.3, -0.25) is 0 Å². The van der Waals surface area contributed by atoms with Crippen LogP contribution >= 0.6 is 23.2 Å². The highest BCUT2D eigenvalue weighted by Crippen LogP contribution is 2.29. The van der Waals surface area contributed by atoms with E-state index in [-0.39, 0.29) is 5.97 Å². The lowest BCUT2D eigenvalue weighted by molar-refractivity contribution is 0.0486. The number of halogens is 2. The lowest BCUT2D eigenvalue weighted by atomic mass is 10.2. The van der Waals surface area contributed by atoms with E-state index in [4.69, 9.17) is 27.9 Å². The van der Waals surface area contributed by atoms with E-state index in [1.807, 2.05) is 0 Å². The van der Waals surface area contributed by atoms with Crippen LogP contribution in [0, 0.1) is 5.92 Å². The van der Waals surface area contributed by atoms with Gasteiger partial charge in [0, 0.05) is 5.02 Å². The molecule has 0 bridgehead atoms. The van der Waals surface area contributed by atoms with Gasteiger partial charge in [0.1, 0.15) is 0 Å². The minimum absolute atomic E-state index is 0.336. The Morgan fingerprint density at radius 3 is 2.73 bits per heavy atom. The Morgan fingerprint density at radius 1 is 1.40 bits per heavy atom. The summed E-state index contributed by atoms with van der Waals surface area (Å²) in [5.41, 5.74) is 0.377. The van der Waals surface area contributed by atoms with Crippen LogP contribution < -0.4 is 0 Å². The molecule has 0 saturated heterocycles. The van der Waals surface area contributed by atoms with Crippen molar-refractivity contribution < 1.29 is 9.53 Å². The fourth-order valence-electron chi connectivity index (χ4n) is 1.21. The van der Waals surface area contributed by atoms with E-state index >= 15 is 0 Å². The van der Waals surface area contributed by atoms with Crippen molar-refractivity contribution in [1.29, 1.82) is 0 Å². The third kappa shape index (κ3) is 2.86. The Morgan fingerprint density at radius 2 is 2.13 bits per heavy atom. The first-order valence-corrected chi connectivity index (χ1v) is 5.54. The summed E-state index contributed by atoms with van der Waals surface area (Å²) < 4.78 is 5.11. The minimum Gasteiger partial charge on any atom is -0.462 e. The molecule has 80 valence electrons. The summed E-state index contributed by atoms with van der Waals surface area (Å²) >= 11 is 11.6. The summed E-state index contributed by atoms with van der Waals surface area (Å²) in [7, 11) is 0. The molecule has 1 aliphatic rings. The molecule has 1 aromatic rings. The van der Waals surface area contributed by atoms with Crippen LogP contribution in [-0.4, -0.2) is 12.6 Å². The second-order valence-corrected chi connectivity index (χ2v) is 4.51. The van der Waals surface area contributed by atoms with Crippen LogP contribution in [0.15, 0.2) is 18.2 Å². The number of benzene rings is 1. The highest BCUT2D eigenvalue weighted by Gasteiger charge is 2.23. The number of carbonyl (C=O) groups is 1. The summed E-state index contributed by atoms with van der Waals surface area (Å²) in [6.07, 6.45) is 2.31. The van der Waals surface area contributed by atoms with Crippen LogP contribution in [0.5, 0.6) is 0 Å². The van der Waals surface area contributed by atoms with Crippen molar-refractivity contribution in [3.8, 4) is 0 Å². The number of hydrogen-bond acceptors (Lipinski definition) is 2. The topological polar surface area (TPSA) is 26.3 Å². The van der Waals surface area contributed by atoms with Crippen molar-refractivity contribution >= 4 is 29.2 Å². The van der Waals surface area contributed by atoms with Gasteiger partial charge in [0.15, 0.2) is 0 Å². The molecule has 1 saturated carbocycles. The SMILES string of the molecule is O=C(OCC1CC1)c1ccc(Cl)cc1Cl. The Labute approximate surface area is 98.1 Å². The molecule has 0 heterocycles. The van der Waals surface area contributed by atoms with Crippen molar-refractivity contribution in [2.45, 2.75) is 12.8 Å². The highest BCUT2D eigenvalue weighted by atomic mass is 35.5. The van der Waals surface area contributed by atoms with Crippen LogP contribution in [0.2, 0.25) is 10.0 Å². The number of rotatable bonds is 3. The summed E-state index contributed by atoms with van der Waals surface area (Å²) in [4.78, 5) is 11.6. The van der Waals surface area contributed by atoms with Crippen LogP contribution in [0.4, 0.5) is 0 Å². The summed E-state index contributed by atoms with van der Waals surface area (Å²) in [6, 6.07) is 4.75. The molecule has 0 unspecified atom stereocenters. The molecule has 0 aliphatic heterocycles. The second-order valence-electron chi connectivity index (χ2n) is 3.67. The fraction of sp³-hybridized carbons (Fsp3) is 0.364. The maximum absolute atomic E-state index is 11.6. The molecule has 4 heteroatoms. The van der Waals surface area contributed by atoms with Gasteiger partial charge < -0.3 is 4.74 Å². The quantitative estimate of drug-likeness (QED) is 0.761. The molecule has 1 fully saturated rings. The highest BCUT2D eigenvalue weighted by molar-refractivity contribution is 6.36. The molecule has 0 atom stereocenters. The molecule has 0 amide bonds. The third-order valence-electron chi connectivity index (χ3n) is 2.30. The van der Waals surface area contributed by atoms with Crippen molar-refractivity contribution in [1.82, 2.24) is 0 Å². The first-order chi connectivity index (χ1) is 7.16. The van der Waals surface area contributed by atoms with Crippen LogP contribution in [0.1, 0.15) is 23.2 Å². The normalized spacial score (nSPS) is 15.1. The Hall–Kier alpha value is -0.730. The summed E-state index contributed by atoms with van der Waals surface area (Å²) in [6.45, 7) is 0.498. The molecular formula is C11H10Cl2O2. The molecule has 2 rings (SSSR count). The lowest BCUT2D eigenvalue weighted by Gasteiger charge is -2.05. The van der Waals surface area contributed by atoms with Gasteiger partial charge in [-0.2, -0.15) is 0 Å². The third-order valence-corrected chi connectivity index (χ3v) is 2.85. The molecule has 0 radical (unpaired) electrons. The molecule has 0 spiro atoms. The van der Waals surface area contributed by atoms with Gasteiger partial charge >= 0.3 is 5.97 Å². The lowest BCUT2D eigenvalue weighted by Crippen LogP contribution is -2.08. The predicted molar refractivity (Wildman–Crippen MR) is 59.5 cm³/mol. The maximum Gasteiger partial charge on any atom is 0.339 e. The summed E-state index contributed by atoms with van der Waals surface area (Å²) in [5.74, 6) is 0.184. The van der Waals surface area contributed by atoms with Crippen LogP contribution in [-0.2, 0) is 4.74 Å². The average molecular weight is 245 g/mol. The zero-order valence-corrected chi connectivity index (χ0v) is 9.52. The Bertz CT molecular complexity index is 386. The van der Waals surface area contributed by atoms with Gasteiger partial charge in [0.05, 0.1) is 17.2 Å². The van der Waals surface area contributed by atoms with Crippen molar-refractivity contribution in [2.24, 2.45) is 5.92 Å². The van der Waals surface area contributed by atoms with Crippen LogP contribution in [0.25, 0.3) is 0 Å². The Balaban J connectivity index is 2.03. The molecule has 2 nitrogen and oxygen atoms in total. The van der Waals surface area contributed by atoms with Gasteiger partial charge in [0.25, 0.3) is 0 Å². The first kappa shape index (κ1) is 10.8. The number of carbonyl (C=O) groups excluding carboxylic acids is 1. The van der Waals surface area contributed by atoms with Crippen molar-refractivity contribution in [3.05, 3.63) is 33.8 Å². The van der Waals surface area contributed by atoms with Gasteiger partial charge in [-0.15, -0.1) is 0 Å². The van der Waals surface area contributed by atoms with E-state index in [1.54, 1.807) is 12.1 Å². The number of esters is 1. The predicted octanol–water partition coefficient (Wildman–Crippen LogP) is 3.56. The summed E-state index contributed by atoms with van der Waals surface area (Å²) in [5, 5.41) is 0.849. The Kier molecular flexibility index (Phi) is 3.17. The number of hydrogen-bond donors (Lipinski definition) is 0. The molecule has 0 aromatic heterocycles. The van der Waals surface area contributed by atoms with Gasteiger partial charge in [-0.25, -0.2) is 4.79 Å². The van der Waals surface area contributed by atoms with E-state index in [1.165, 1.54) is 6.07 Å². The van der Waals surface area contributed by atoms with E-state index in [0.717, 1.165) is 12.8 Å². The molecule has 1 aliphatic carbocycles. The second kappa shape index (κ2) is 4.42. The smallest absolute Gasteiger partial charge is 0.339 e. The van der Waals surface area contributed by atoms with E-state index < -0.39 is 0 Å². The largest absolute Gasteiger partial charge is 0.462 e. The minimum atomic E-state index is -0.372. The first-order valence-electron chi connectivity index (χ1n) is 4.79. The zero-order valence-electron chi connectivity index (χ0n) is 8.00. The van der Waals surface area contributed by atoms with Gasteiger partial charge in [-0.05, 0) is 37.0 Å². The van der Waals surface area contributed by atoms with Crippen molar-refractivity contribution in [2.75, 3.05) is 6.61 Å². The maximum atomic E-state index is 11.6. The molecular weight excluding hydrogens is 235 g/mol. The standard InChI is InChI=1S/C11H10Cl2O2/c12-8-3-4-9(10(13)5-8)11(14)15-6-7-1-2-7/h3-5,7H,1-2,6H2. The average Bonchev–Trinajstić information content (AvgIpc) is 2.97. The molecule has 0 N–H and O–H groups in total. The molecule has 15 heavy (non-hydrogen) atoms. The van der Waals surface area contributed by atoms with Gasteiger partial charge in [-0.1, -0.05) is 23.2 Å². The zero-order chi connectivity index (χ0) is 10.8.